The van der Waals surface area contributed by atoms with Crippen LogP contribution in [0.5, 0.6) is 0 Å². The van der Waals surface area contributed by atoms with E-state index >= 15 is 0 Å². The minimum absolute atomic E-state index is 0.205. The van der Waals surface area contributed by atoms with E-state index in [4.69, 9.17) is 0 Å². The fraction of sp³-hybridized carbons (Fsp3) is 0.235. The Morgan fingerprint density at radius 2 is 1.74 bits per heavy atom. The molecule has 0 radical (unpaired) electrons. The van der Waals surface area contributed by atoms with Crippen LogP contribution in [-0.2, 0) is 12.8 Å². The van der Waals surface area contributed by atoms with Crippen molar-refractivity contribution in [1.29, 1.82) is 0 Å². The average Bonchev–Trinajstić information content (AvgIpc) is 2.46. The van der Waals surface area contributed by atoms with Crippen LogP contribution in [-0.4, -0.2) is 0 Å². The van der Waals surface area contributed by atoms with Crippen molar-refractivity contribution in [2.45, 2.75) is 26.7 Å². The van der Waals surface area contributed by atoms with Gasteiger partial charge in [-0.1, -0.05) is 38.1 Å². The van der Waals surface area contributed by atoms with E-state index in [1.54, 1.807) is 11.3 Å². The molecular weight excluding hydrogens is 252 g/mol. The molecule has 0 bridgehead atoms. The molecule has 96 valence electrons. The molecule has 0 aromatic heterocycles. The molecule has 1 aromatic carbocycles. The van der Waals surface area contributed by atoms with E-state index < -0.39 is 0 Å². The SMILES string of the molecule is CCc1cc(CC)c(=O)c2cc3ccccc3sc1-2. The van der Waals surface area contributed by atoms with Gasteiger partial charge in [0.05, 0.1) is 0 Å². The summed E-state index contributed by atoms with van der Waals surface area (Å²) in [6.07, 6.45) is 1.78. The smallest absolute Gasteiger partial charge is 0.190 e. The van der Waals surface area contributed by atoms with Crippen molar-refractivity contribution in [2.24, 2.45) is 0 Å². The molecule has 2 heteroatoms. The van der Waals surface area contributed by atoms with Crippen LogP contribution < -0.4 is 5.43 Å². The van der Waals surface area contributed by atoms with E-state index in [1.165, 1.54) is 10.3 Å². The topological polar surface area (TPSA) is 17.1 Å². The number of hydrogen-bond donors (Lipinski definition) is 0. The van der Waals surface area contributed by atoms with E-state index in [0.29, 0.717) is 0 Å². The van der Waals surface area contributed by atoms with Gasteiger partial charge in [-0.05, 0) is 35.9 Å². The molecule has 0 fully saturated rings. The van der Waals surface area contributed by atoms with E-state index in [-0.39, 0.29) is 5.43 Å². The molecule has 0 saturated heterocycles. The normalized spacial score (nSPS) is 11.3. The zero-order valence-corrected chi connectivity index (χ0v) is 12.0. The van der Waals surface area contributed by atoms with Crippen LogP contribution in [0.25, 0.3) is 20.5 Å². The summed E-state index contributed by atoms with van der Waals surface area (Å²) in [5, 5.41) is 1.16. The van der Waals surface area contributed by atoms with Gasteiger partial charge < -0.3 is 0 Å². The summed E-state index contributed by atoms with van der Waals surface area (Å²) in [5.74, 6) is 0. The molecule has 0 atom stereocenters. The van der Waals surface area contributed by atoms with E-state index in [0.717, 1.165) is 34.2 Å². The van der Waals surface area contributed by atoms with E-state index in [1.807, 2.05) is 13.0 Å². The van der Waals surface area contributed by atoms with Gasteiger partial charge in [-0.25, -0.2) is 0 Å². The minimum Gasteiger partial charge on any atom is -0.289 e. The van der Waals surface area contributed by atoms with Gasteiger partial charge in [-0.15, -0.1) is 11.3 Å². The lowest BCUT2D eigenvalue weighted by Gasteiger charge is -2.13. The monoisotopic (exact) mass is 268 g/mol. The fourth-order valence-electron chi connectivity index (χ4n) is 2.53. The molecule has 0 unspecified atom stereocenters. The summed E-state index contributed by atoms with van der Waals surface area (Å²) < 4.78 is 1.24. The van der Waals surface area contributed by atoms with Crippen LogP contribution in [0.3, 0.4) is 0 Å². The van der Waals surface area contributed by atoms with Gasteiger partial charge in [0.2, 0.25) is 0 Å². The van der Waals surface area contributed by atoms with Crippen LogP contribution >= 0.6 is 11.3 Å². The maximum atomic E-state index is 12.5. The average molecular weight is 268 g/mol. The highest BCUT2D eigenvalue weighted by Gasteiger charge is 2.15. The predicted molar refractivity (Wildman–Crippen MR) is 83.5 cm³/mol. The van der Waals surface area contributed by atoms with Crippen molar-refractivity contribution in [1.82, 2.24) is 0 Å². The van der Waals surface area contributed by atoms with Crippen LogP contribution in [0.2, 0.25) is 0 Å². The number of hydrogen-bond acceptors (Lipinski definition) is 2. The number of rotatable bonds is 2. The summed E-state index contributed by atoms with van der Waals surface area (Å²) >= 11 is 1.74. The van der Waals surface area contributed by atoms with Gasteiger partial charge in [-0.3, -0.25) is 4.79 Å². The molecule has 1 aliphatic carbocycles. The second kappa shape index (κ2) is 4.78. The third kappa shape index (κ3) is 1.96. The van der Waals surface area contributed by atoms with Gasteiger partial charge in [0.1, 0.15) is 0 Å². The second-order valence-electron chi connectivity index (χ2n) is 4.76. The highest BCUT2D eigenvalue weighted by Crippen LogP contribution is 2.34. The van der Waals surface area contributed by atoms with Crippen molar-refractivity contribution in [3.8, 4) is 10.4 Å². The molecule has 0 N–H and O–H groups in total. The van der Waals surface area contributed by atoms with Crippen molar-refractivity contribution in [2.75, 3.05) is 0 Å². The molecule has 19 heavy (non-hydrogen) atoms. The third-order valence-corrected chi connectivity index (χ3v) is 4.89. The molecule has 1 aliphatic heterocycles. The Kier molecular flexibility index (Phi) is 3.11. The summed E-state index contributed by atoms with van der Waals surface area (Å²) in [6.45, 7) is 4.20. The Morgan fingerprint density at radius 1 is 1.00 bits per heavy atom. The summed E-state index contributed by atoms with van der Waals surface area (Å²) in [7, 11) is 0. The first-order valence-electron chi connectivity index (χ1n) is 6.72. The lowest BCUT2D eigenvalue weighted by Crippen LogP contribution is -2.12. The zero-order valence-electron chi connectivity index (χ0n) is 11.2. The maximum absolute atomic E-state index is 12.5. The van der Waals surface area contributed by atoms with Crippen LogP contribution in [0.1, 0.15) is 25.0 Å². The van der Waals surface area contributed by atoms with Gasteiger partial charge in [0.15, 0.2) is 5.43 Å². The van der Waals surface area contributed by atoms with Crippen molar-refractivity contribution >= 4 is 21.4 Å². The Labute approximate surface area is 116 Å². The molecule has 1 nitrogen and oxygen atoms in total. The maximum Gasteiger partial charge on any atom is 0.190 e. The number of benzene rings is 2. The largest absolute Gasteiger partial charge is 0.289 e. The van der Waals surface area contributed by atoms with Gasteiger partial charge in [0.25, 0.3) is 0 Å². The lowest BCUT2D eigenvalue weighted by molar-refractivity contribution is 1.08. The lowest BCUT2D eigenvalue weighted by atomic mass is 9.98. The van der Waals surface area contributed by atoms with Crippen molar-refractivity contribution in [3.63, 3.8) is 0 Å². The number of aryl methyl sites for hydroxylation is 2. The number of fused-ring (bicyclic) bond motifs is 2. The molecular formula is C17H16OS. The Hall–Kier alpha value is -1.67. The zero-order chi connectivity index (χ0) is 13.4. The quantitative estimate of drug-likeness (QED) is 0.626. The third-order valence-electron chi connectivity index (χ3n) is 3.61. The minimum atomic E-state index is 0.205. The van der Waals surface area contributed by atoms with E-state index in [9.17, 15) is 4.79 Å². The van der Waals surface area contributed by atoms with Gasteiger partial charge in [0, 0.05) is 20.7 Å². The summed E-state index contributed by atoms with van der Waals surface area (Å²) in [5.41, 5.74) is 3.32. The molecule has 0 saturated carbocycles. The summed E-state index contributed by atoms with van der Waals surface area (Å²) in [6, 6.07) is 12.4. The molecule has 0 spiro atoms. The standard InChI is InChI=1S/C17H16OS/c1-3-11-9-12(4-2)17-14(16(11)18)10-13-7-5-6-8-15(13)19-17/h5-10H,3-4H2,1-2H3. The molecule has 2 aliphatic rings. The van der Waals surface area contributed by atoms with Crippen LogP contribution in [0.15, 0.2) is 41.2 Å². The first kappa shape index (κ1) is 12.4. The first-order valence-corrected chi connectivity index (χ1v) is 7.53. The highest BCUT2D eigenvalue weighted by molar-refractivity contribution is 7.21. The fourth-order valence-corrected chi connectivity index (χ4v) is 3.73. The van der Waals surface area contributed by atoms with E-state index in [2.05, 4.69) is 37.3 Å². The Bertz CT molecular complexity index is 770. The molecule has 1 heterocycles. The predicted octanol–water partition coefficient (Wildman–Crippen LogP) is 4.49. The Balaban J connectivity index is 2.48. The van der Waals surface area contributed by atoms with Crippen LogP contribution in [0, 0.1) is 0 Å². The first-order chi connectivity index (χ1) is 9.24. The molecule has 0 amide bonds. The summed E-state index contributed by atoms with van der Waals surface area (Å²) in [4.78, 5) is 13.6. The molecule has 3 rings (SSSR count). The Morgan fingerprint density at radius 3 is 2.47 bits per heavy atom. The van der Waals surface area contributed by atoms with Gasteiger partial charge >= 0.3 is 0 Å². The van der Waals surface area contributed by atoms with Crippen LogP contribution in [0.4, 0.5) is 0 Å². The second-order valence-corrected chi connectivity index (χ2v) is 5.81. The van der Waals surface area contributed by atoms with Crippen molar-refractivity contribution in [3.05, 3.63) is 57.7 Å². The molecule has 1 aromatic rings. The highest BCUT2D eigenvalue weighted by atomic mass is 32.1. The van der Waals surface area contributed by atoms with Crippen molar-refractivity contribution < 1.29 is 0 Å². The van der Waals surface area contributed by atoms with Gasteiger partial charge in [-0.2, -0.15) is 0 Å².